The summed E-state index contributed by atoms with van der Waals surface area (Å²) in [5.74, 6) is 0. The lowest BCUT2D eigenvalue weighted by atomic mass is 9.90. The highest BCUT2D eigenvalue weighted by Crippen LogP contribution is 2.39. The van der Waals surface area contributed by atoms with Crippen LogP contribution < -0.4 is 11.5 Å². The average Bonchev–Trinajstić information content (AvgIpc) is 1.79. The number of alkyl halides is 2. The van der Waals surface area contributed by atoms with Crippen LogP contribution in [-0.4, -0.2) is 10.00 Å². The Labute approximate surface area is 70.8 Å². The van der Waals surface area contributed by atoms with Crippen molar-refractivity contribution in [3.63, 3.8) is 0 Å². The molecule has 1 aliphatic rings. The van der Waals surface area contributed by atoms with Gasteiger partial charge in [0.15, 0.2) is 0 Å². The maximum Gasteiger partial charge on any atom is 0.118 e. The third kappa shape index (κ3) is 2.27. The first kappa shape index (κ1) is 8.60. The Morgan fingerprint density at radius 1 is 0.900 bits per heavy atom. The second-order valence-corrected chi connectivity index (χ2v) is 4.73. The Kier molecular flexibility index (Phi) is 2.17. The minimum atomic E-state index is -0.581. The molecule has 0 saturated heterocycles. The Morgan fingerprint density at radius 3 is 1.60 bits per heavy atom. The molecule has 0 heterocycles. The molecule has 4 heteroatoms. The molecular weight excluding hydrogens is 171 g/mol. The molecule has 0 aliphatic heterocycles. The van der Waals surface area contributed by atoms with Crippen molar-refractivity contribution in [1.29, 1.82) is 0 Å². The van der Waals surface area contributed by atoms with E-state index in [1.165, 1.54) is 0 Å². The molecule has 1 fully saturated rings. The minimum absolute atomic E-state index is 0.534. The van der Waals surface area contributed by atoms with Gasteiger partial charge in [0.05, 0.1) is 5.66 Å². The van der Waals surface area contributed by atoms with Crippen LogP contribution in [0.15, 0.2) is 0 Å². The van der Waals surface area contributed by atoms with Gasteiger partial charge in [-0.2, -0.15) is 0 Å². The molecular formula is C6H12Cl2N2. The van der Waals surface area contributed by atoms with E-state index in [0.717, 1.165) is 0 Å². The Balaban J connectivity index is 2.46. The van der Waals surface area contributed by atoms with Crippen molar-refractivity contribution in [2.45, 2.75) is 35.7 Å². The van der Waals surface area contributed by atoms with Crippen LogP contribution in [0.3, 0.4) is 0 Å². The smallest absolute Gasteiger partial charge is 0.118 e. The van der Waals surface area contributed by atoms with Crippen molar-refractivity contribution >= 4 is 23.2 Å². The van der Waals surface area contributed by atoms with Gasteiger partial charge in [0, 0.05) is 0 Å². The average molecular weight is 183 g/mol. The first-order chi connectivity index (χ1) is 4.41. The fourth-order valence-corrected chi connectivity index (χ4v) is 1.46. The van der Waals surface area contributed by atoms with Crippen molar-refractivity contribution in [3.05, 3.63) is 0 Å². The van der Waals surface area contributed by atoms with E-state index in [1.807, 2.05) is 0 Å². The summed E-state index contributed by atoms with van der Waals surface area (Å²) in [7, 11) is 0. The first-order valence-corrected chi connectivity index (χ1v) is 4.13. The minimum Gasteiger partial charge on any atom is -0.313 e. The highest BCUT2D eigenvalue weighted by atomic mass is 35.5. The van der Waals surface area contributed by atoms with Crippen molar-refractivity contribution in [3.8, 4) is 0 Å². The van der Waals surface area contributed by atoms with E-state index in [1.54, 1.807) is 0 Å². The maximum absolute atomic E-state index is 5.85. The van der Waals surface area contributed by atoms with E-state index < -0.39 is 10.00 Å². The van der Waals surface area contributed by atoms with Crippen LogP contribution in [0.1, 0.15) is 25.7 Å². The summed E-state index contributed by atoms with van der Waals surface area (Å²) < 4.78 is -0.581. The molecule has 0 aromatic rings. The molecule has 1 saturated carbocycles. The molecule has 4 N–H and O–H groups in total. The van der Waals surface area contributed by atoms with Gasteiger partial charge in [0.1, 0.15) is 4.33 Å². The molecule has 0 amide bonds. The van der Waals surface area contributed by atoms with Crippen LogP contribution in [0, 0.1) is 0 Å². The van der Waals surface area contributed by atoms with Crippen LogP contribution in [0.4, 0.5) is 0 Å². The molecule has 0 radical (unpaired) electrons. The van der Waals surface area contributed by atoms with Crippen molar-refractivity contribution in [1.82, 2.24) is 0 Å². The van der Waals surface area contributed by atoms with Crippen LogP contribution in [0.25, 0.3) is 0 Å². The SMILES string of the molecule is NC1(N)CCC(Cl)(Cl)CC1. The lowest BCUT2D eigenvalue weighted by Crippen LogP contribution is -2.53. The Hall–Kier alpha value is 0.500. The number of nitrogens with two attached hydrogens (primary N) is 2. The van der Waals surface area contributed by atoms with Gasteiger partial charge in [-0.3, -0.25) is 0 Å². The standard InChI is InChI=1S/C6H12Cl2N2/c7-5(8)1-3-6(9,10)4-2-5/h1-4,9-10H2. The summed E-state index contributed by atoms with van der Waals surface area (Å²) in [6.07, 6.45) is 2.81. The second-order valence-electron chi connectivity index (χ2n) is 3.09. The van der Waals surface area contributed by atoms with E-state index in [9.17, 15) is 0 Å². The molecule has 0 bridgehead atoms. The molecule has 0 spiro atoms. The van der Waals surface area contributed by atoms with Gasteiger partial charge in [-0.25, -0.2) is 0 Å². The van der Waals surface area contributed by atoms with Crippen molar-refractivity contribution < 1.29 is 0 Å². The van der Waals surface area contributed by atoms with Gasteiger partial charge in [0.2, 0.25) is 0 Å². The Morgan fingerprint density at radius 2 is 1.30 bits per heavy atom. The second kappa shape index (κ2) is 2.52. The van der Waals surface area contributed by atoms with Crippen LogP contribution in [0.2, 0.25) is 0 Å². The van der Waals surface area contributed by atoms with E-state index in [0.29, 0.717) is 25.7 Å². The van der Waals surface area contributed by atoms with Crippen LogP contribution in [-0.2, 0) is 0 Å². The van der Waals surface area contributed by atoms with Crippen molar-refractivity contribution in [2.75, 3.05) is 0 Å². The Bertz CT molecular complexity index is 106. The summed E-state index contributed by atoms with van der Waals surface area (Å²) in [5, 5.41) is 0. The molecule has 0 aromatic carbocycles. The number of rotatable bonds is 0. The highest BCUT2D eigenvalue weighted by Gasteiger charge is 2.35. The predicted octanol–water partition coefficient (Wildman–Crippen LogP) is 1.35. The summed E-state index contributed by atoms with van der Waals surface area (Å²) in [4.78, 5) is 0. The fourth-order valence-electron chi connectivity index (χ4n) is 1.08. The lowest BCUT2D eigenvalue weighted by Gasteiger charge is -2.35. The largest absolute Gasteiger partial charge is 0.313 e. The van der Waals surface area contributed by atoms with E-state index in [-0.39, 0.29) is 0 Å². The third-order valence-electron chi connectivity index (χ3n) is 1.91. The number of hydrogen-bond acceptors (Lipinski definition) is 2. The number of halogens is 2. The zero-order chi connectivity index (χ0) is 7.83. The van der Waals surface area contributed by atoms with Gasteiger partial charge in [-0.1, -0.05) is 0 Å². The van der Waals surface area contributed by atoms with Gasteiger partial charge in [-0.15, -0.1) is 23.2 Å². The fraction of sp³-hybridized carbons (Fsp3) is 1.00. The zero-order valence-electron chi connectivity index (χ0n) is 5.74. The normalized spacial score (nSPS) is 30.0. The summed E-state index contributed by atoms with van der Waals surface area (Å²) >= 11 is 11.7. The number of hydrogen-bond donors (Lipinski definition) is 2. The van der Waals surface area contributed by atoms with Crippen molar-refractivity contribution in [2.24, 2.45) is 11.5 Å². The quantitative estimate of drug-likeness (QED) is 0.440. The van der Waals surface area contributed by atoms with E-state index in [2.05, 4.69) is 0 Å². The summed E-state index contributed by atoms with van der Waals surface area (Å²) in [5.41, 5.74) is 10.8. The van der Waals surface area contributed by atoms with Gasteiger partial charge in [-0.05, 0) is 25.7 Å². The van der Waals surface area contributed by atoms with Crippen LogP contribution >= 0.6 is 23.2 Å². The molecule has 1 aliphatic carbocycles. The highest BCUT2D eigenvalue weighted by molar-refractivity contribution is 6.48. The van der Waals surface area contributed by atoms with Gasteiger partial charge < -0.3 is 11.5 Å². The zero-order valence-corrected chi connectivity index (χ0v) is 7.25. The molecule has 1 rings (SSSR count). The monoisotopic (exact) mass is 182 g/mol. The molecule has 0 aromatic heterocycles. The molecule has 2 nitrogen and oxygen atoms in total. The maximum atomic E-state index is 5.85. The first-order valence-electron chi connectivity index (χ1n) is 3.37. The third-order valence-corrected chi connectivity index (χ3v) is 2.67. The predicted molar refractivity (Wildman–Crippen MR) is 44.0 cm³/mol. The summed E-state index contributed by atoms with van der Waals surface area (Å²) in [6.45, 7) is 0. The van der Waals surface area contributed by atoms with Gasteiger partial charge >= 0.3 is 0 Å². The topological polar surface area (TPSA) is 52.0 Å². The molecule has 60 valence electrons. The molecule has 0 atom stereocenters. The lowest BCUT2D eigenvalue weighted by molar-refractivity contribution is 0.295. The summed E-state index contributed by atoms with van der Waals surface area (Å²) in [6, 6.07) is 0. The van der Waals surface area contributed by atoms with Gasteiger partial charge in [0.25, 0.3) is 0 Å². The van der Waals surface area contributed by atoms with E-state index in [4.69, 9.17) is 34.7 Å². The van der Waals surface area contributed by atoms with E-state index >= 15 is 0 Å². The van der Waals surface area contributed by atoms with Crippen LogP contribution in [0.5, 0.6) is 0 Å². The molecule has 0 unspecified atom stereocenters. The molecule has 10 heavy (non-hydrogen) atoms.